The van der Waals surface area contributed by atoms with Gasteiger partial charge in [-0.15, -0.1) is 0 Å². The predicted octanol–water partition coefficient (Wildman–Crippen LogP) is 4.35. The number of nitrogens with one attached hydrogen (secondary N) is 1. The first kappa shape index (κ1) is 15.5. The van der Waals surface area contributed by atoms with Crippen LogP contribution < -0.4 is 5.32 Å². The molecule has 0 saturated carbocycles. The Balaban J connectivity index is 1.91. The Labute approximate surface area is 133 Å². The average molecular weight is 390 g/mol. The second-order valence-corrected chi connectivity index (χ2v) is 7.20. The Morgan fingerprint density at radius 1 is 1.37 bits per heavy atom. The molecule has 1 saturated heterocycles. The zero-order valence-electron chi connectivity index (χ0n) is 11.6. The highest BCUT2D eigenvalue weighted by Crippen LogP contribution is 2.27. The molecule has 1 aliphatic rings. The quantitative estimate of drug-likeness (QED) is 0.823. The number of halogens is 2. The van der Waals surface area contributed by atoms with Crippen LogP contribution in [0.2, 0.25) is 0 Å². The molecule has 2 nitrogen and oxygen atoms in total. The van der Waals surface area contributed by atoms with E-state index in [0.29, 0.717) is 12.1 Å². The van der Waals surface area contributed by atoms with E-state index in [-0.39, 0.29) is 0 Å². The second-order valence-electron chi connectivity index (χ2n) is 5.43. The molecule has 1 heterocycles. The van der Waals surface area contributed by atoms with Crippen LogP contribution in [0, 0.1) is 0 Å². The van der Waals surface area contributed by atoms with Crippen molar-refractivity contribution in [3.05, 3.63) is 32.7 Å². The number of rotatable bonds is 4. The maximum Gasteiger partial charge on any atom is 0.0303 e. The molecule has 0 aromatic heterocycles. The van der Waals surface area contributed by atoms with Crippen molar-refractivity contribution in [3.8, 4) is 0 Å². The van der Waals surface area contributed by atoms with Crippen LogP contribution in [0.5, 0.6) is 0 Å². The predicted molar refractivity (Wildman–Crippen MR) is 88.5 cm³/mol. The monoisotopic (exact) mass is 388 g/mol. The Morgan fingerprint density at radius 2 is 2.16 bits per heavy atom. The minimum absolute atomic E-state index is 0.373. The molecule has 1 N–H and O–H groups in total. The van der Waals surface area contributed by atoms with Crippen LogP contribution in [0.4, 0.5) is 0 Å². The highest BCUT2D eigenvalue weighted by molar-refractivity contribution is 9.11. The summed E-state index contributed by atoms with van der Waals surface area (Å²) in [6.07, 6.45) is 4.03. The van der Waals surface area contributed by atoms with Crippen molar-refractivity contribution < 1.29 is 0 Å². The van der Waals surface area contributed by atoms with E-state index in [4.69, 9.17) is 0 Å². The van der Waals surface area contributed by atoms with Crippen molar-refractivity contribution in [1.29, 1.82) is 0 Å². The van der Waals surface area contributed by atoms with Crippen LogP contribution in [0.25, 0.3) is 0 Å². The topological polar surface area (TPSA) is 15.3 Å². The van der Waals surface area contributed by atoms with Crippen molar-refractivity contribution in [3.63, 3.8) is 0 Å². The summed E-state index contributed by atoms with van der Waals surface area (Å²) in [6.45, 7) is 4.54. The molecule has 2 unspecified atom stereocenters. The third kappa shape index (κ3) is 4.28. The Bertz CT molecular complexity index is 423. The molecule has 2 rings (SSSR count). The maximum atomic E-state index is 3.67. The van der Waals surface area contributed by atoms with Gasteiger partial charge in [0.15, 0.2) is 0 Å². The third-order valence-electron chi connectivity index (χ3n) is 4.01. The number of nitrogens with zero attached hydrogens (tertiary/aromatic N) is 1. The lowest BCUT2D eigenvalue weighted by molar-refractivity contribution is 0.178. The number of hydrogen-bond acceptors (Lipinski definition) is 2. The third-order valence-corrected chi connectivity index (χ3v) is 5.19. The number of benzene rings is 1. The molecule has 1 fully saturated rings. The van der Waals surface area contributed by atoms with Gasteiger partial charge in [-0.3, -0.25) is 0 Å². The van der Waals surface area contributed by atoms with E-state index in [2.05, 4.69) is 74.2 Å². The first-order valence-electron chi connectivity index (χ1n) is 6.96. The standard InChI is InChI=1S/C15H22Br2N2/c1-11(14-7-6-12(16)9-15(14)17)18-10-13-5-3-4-8-19(13)2/h6-7,9,11,13,18H,3-5,8,10H2,1-2H3. The normalized spacial score (nSPS) is 22.4. The second kappa shape index (κ2) is 7.21. The van der Waals surface area contributed by atoms with Crippen LogP contribution in [0.3, 0.4) is 0 Å². The fourth-order valence-electron chi connectivity index (χ4n) is 2.68. The smallest absolute Gasteiger partial charge is 0.0303 e. The Kier molecular flexibility index (Phi) is 5.87. The number of piperidine rings is 1. The van der Waals surface area contributed by atoms with E-state index in [0.717, 1.165) is 11.0 Å². The maximum absolute atomic E-state index is 3.67. The van der Waals surface area contributed by atoms with E-state index < -0.39 is 0 Å². The van der Waals surface area contributed by atoms with Crippen molar-refractivity contribution in [2.75, 3.05) is 20.1 Å². The van der Waals surface area contributed by atoms with Gasteiger partial charge in [0.05, 0.1) is 0 Å². The van der Waals surface area contributed by atoms with Crippen LogP contribution in [0.1, 0.15) is 37.8 Å². The molecule has 1 aromatic carbocycles. The number of likely N-dealkylation sites (tertiary alicyclic amines) is 1. The number of hydrogen-bond donors (Lipinski definition) is 1. The van der Waals surface area contributed by atoms with Gasteiger partial charge in [0.2, 0.25) is 0 Å². The molecule has 106 valence electrons. The van der Waals surface area contributed by atoms with E-state index in [1.54, 1.807) is 0 Å². The lowest BCUT2D eigenvalue weighted by Crippen LogP contribution is -2.43. The molecule has 2 atom stereocenters. The summed E-state index contributed by atoms with van der Waals surface area (Å²) in [7, 11) is 2.24. The van der Waals surface area contributed by atoms with E-state index in [1.165, 1.54) is 35.8 Å². The van der Waals surface area contributed by atoms with Crippen molar-refractivity contribution in [1.82, 2.24) is 10.2 Å². The van der Waals surface area contributed by atoms with Gasteiger partial charge in [0.25, 0.3) is 0 Å². The summed E-state index contributed by atoms with van der Waals surface area (Å²) < 4.78 is 2.28. The molecular weight excluding hydrogens is 368 g/mol. The van der Waals surface area contributed by atoms with Gasteiger partial charge in [0.1, 0.15) is 0 Å². The van der Waals surface area contributed by atoms with Gasteiger partial charge < -0.3 is 10.2 Å². The molecule has 19 heavy (non-hydrogen) atoms. The van der Waals surface area contributed by atoms with Crippen molar-refractivity contribution in [2.24, 2.45) is 0 Å². The molecule has 0 bridgehead atoms. The fraction of sp³-hybridized carbons (Fsp3) is 0.600. The summed E-state index contributed by atoms with van der Waals surface area (Å²) in [5.41, 5.74) is 1.32. The SMILES string of the molecule is CC(NCC1CCCCN1C)c1ccc(Br)cc1Br. The van der Waals surface area contributed by atoms with E-state index in [1.807, 2.05) is 0 Å². The lowest BCUT2D eigenvalue weighted by Gasteiger charge is -2.33. The largest absolute Gasteiger partial charge is 0.309 e. The van der Waals surface area contributed by atoms with Gasteiger partial charge in [-0.25, -0.2) is 0 Å². The average Bonchev–Trinajstić information content (AvgIpc) is 2.37. The lowest BCUT2D eigenvalue weighted by atomic mass is 10.0. The molecule has 4 heteroatoms. The van der Waals surface area contributed by atoms with Crippen LogP contribution in [0.15, 0.2) is 27.1 Å². The Hall–Kier alpha value is 0.1000. The molecule has 0 spiro atoms. The molecule has 1 aliphatic heterocycles. The number of likely N-dealkylation sites (N-methyl/N-ethyl adjacent to an activating group) is 1. The van der Waals surface area contributed by atoms with Crippen LogP contribution >= 0.6 is 31.9 Å². The fourth-order valence-corrected chi connectivity index (χ4v) is 4.07. The molecule has 0 aliphatic carbocycles. The highest BCUT2D eigenvalue weighted by Gasteiger charge is 2.19. The van der Waals surface area contributed by atoms with E-state index >= 15 is 0 Å². The summed E-state index contributed by atoms with van der Waals surface area (Å²) in [4.78, 5) is 2.49. The van der Waals surface area contributed by atoms with Crippen LogP contribution in [-0.4, -0.2) is 31.1 Å². The first-order chi connectivity index (χ1) is 9.08. The molecule has 1 aromatic rings. The summed E-state index contributed by atoms with van der Waals surface area (Å²) in [5.74, 6) is 0. The van der Waals surface area contributed by atoms with Crippen molar-refractivity contribution >= 4 is 31.9 Å². The minimum atomic E-state index is 0.373. The highest BCUT2D eigenvalue weighted by atomic mass is 79.9. The van der Waals surface area contributed by atoms with Gasteiger partial charge in [0, 0.05) is 27.6 Å². The van der Waals surface area contributed by atoms with Crippen LogP contribution in [-0.2, 0) is 0 Å². The van der Waals surface area contributed by atoms with Crippen molar-refractivity contribution in [2.45, 2.75) is 38.3 Å². The summed E-state index contributed by atoms with van der Waals surface area (Å²) in [5, 5.41) is 3.67. The van der Waals surface area contributed by atoms with E-state index in [9.17, 15) is 0 Å². The van der Waals surface area contributed by atoms with Gasteiger partial charge in [-0.1, -0.05) is 44.3 Å². The Morgan fingerprint density at radius 3 is 2.84 bits per heavy atom. The summed E-state index contributed by atoms with van der Waals surface area (Å²) in [6, 6.07) is 7.45. The van der Waals surface area contributed by atoms with Gasteiger partial charge >= 0.3 is 0 Å². The first-order valence-corrected chi connectivity index (χ1v) is 8.55. The molecule has 0 radical (unpaired) electrons. The minimum Gasteiger partial charge on any atom is -0.309 e. The zero-order valence-corrected chi connectivity index (χ0v) is 14.8. The zero-order chi connectivity index (χ0) is 13.8. The molecular formula is C15H22Br2N2. The molecule has 0 amide bonds. The summed E-state index contributed by atoms with van der Waals surface area (Å²) >= 11 is 7.14. The van der Waals surface area contributed by atoms with Gasteiger partial charge in [-0.2, -0.15) is 0 Å². The van der Waals surface area contributed by atoms with Gasteiger partial charge in [-0.05, 0) is 51.1 Å².